The van der Waals surface area contributed by atoms with Crippen molar-refractivity contribution in [2.75, 3.05) is 56.2 Å². The van der Waals surface area contributed by atoms with Crippen molar-refractivity contribution in [3.63, 3.8) is 0 Å². The van der Waals surface area contributed by atoms with Crippen LogP contribution in [0, 0.1) is 0 Å². The van der Waals surface area contributed by atoms with Gasteiger partial charge >= 0.3 is 0 Å². The normalized spacial score (nSPS) is 23.6. The van der Waals surface area contributed by atoms with E-state index in [0.717, 1.165) is 32.0 Å². The van der Waals surface area contributed by atoms with Crippen LogP contribution in [0.4, 0.5) is 5.82 Å². The summed E-state index contributed by atoms with van der Waals surface area (Å²) in [5, 5.41) is 0. The molecular formula is C17H26N4O3S. The molecule has 8 heteroatoms. The number of piperazine rings is 1. The summed E-state index contributed by atoms with van der Waals surface area (Å²) in [7, 11) is -0.919. The summed E-state index contributed by atoms with van der Waals surface area (Å²) in [6.07, 6.45) is 2.19. The van der Waals surface area contributed by atoms with Crippen molar-refractivity contribution in [2.45, 2.75) is 19.4 Å². The number of carbonyl (C=O) groups excluding carboxylic acids is 1. The highest BCUT2D eigenvalue weighted by atomic mass is 32.2. The number of hydrogen-bond acceptors (Lipinski definition) is 6. The number of likely N-dealkylation sites (N-methyl/N-ethyl adjacent to an activating group) is 1. The lowest BCUT2D eigenvalue weighted by Crippen LogP contribution is -2.45. The number of amides is 1. The summed E-state index contributed by atoms with van der Waals surface area (Å²) in [6, 6.07) is 3.33. The molecule has 0 bridgehead atoms. The van der Waals surface area contributed by atoms with Gasteiger partial charge in [0.2, 0.25) is 0 Å². The number of aromatic nitrogens is 1. The number of rotatable bonds is 4. The molecule has 0 aliphatic carbocycles. The van der Waals surface area contributed by atoms with Gasteiger partial charge in [-0.3, -0.25) is 4.79 Å². The predicted molar refractivity (Wildman–Crippen MR) is 97.7 cm³/mol. The number of sulfone groups is 1. The van der Waals surface area contributed by atoms with Gasteiger partial charge in [0.1, 0.15) is 5.82 Å². The second-order valence-corrected chi connectivity index (χ2v) is 9.07. The number of anilines is 1. The Morgan fingerprint density at radius 3 is 2.64 bits per heavy atom. The van der Waals surface area contributed by atoms with Crippen LogP contribution in [-0.2, 0) is 9.84 Å². The average Bonchev–Trinajstić information content (AvgIpc) is 2.96. The zero-order valence-corrected chi connectivity index (χ0v) is 15.7. The average molecular weight is 366 g/mol. The fraction of sp³-hybridized carbons (Fsp3) is 0.647. The summed E-state index contributed by atoms with van der Waals surface area (Å²) < 4.78 is 23.5. The molecule has 7 nitrogen and oxygen atoms in total. The highest BCUT2D eigenvalue weighted by molar-refractivity contribution is 7.91. The second-order valence-electron chi connectivity index (χ2n) is 6.84. The molecule has 1 aromatic rings. The molecular weight excluding hydrogens is 340 g/mol. The Bertz CT molecular complexity index is 729. The molecule has 1 aromatic heterocycles. The van der Waals surface area contributed by atoms with E-state index in [1.807, 2.05) is 13.0 Å². The molecule has 2 aliphatic heterocycles. The smallest absolute Gasteiger partial charge is 0.254 e. The lowest BCUT2D eigenvalue weighted by atomic mass is 10.1. The first-order chi connectivity index (χ1) is 11.9. The Labute approximate surface area is 149 Å². The van der Waals surface area contributed by atoms with Gasteiger partial charge in [0.05, 0.1) is 11.5 Å². The predicted octanol–water partition coefficient (Wildman–Crippen LogP) is 0.483. The highest BCUT2D eigenvalue weighted by Gasteiger charge is 2.34. The molecule has 3 rings (SSSR count). The summed E-state index contributed by atoms with van der Waals surface area (Å²) in [5.74, 6) is 0.948. The fourth-order valence-corrected chi connectivity index (χ4v) is 5.25. The molecule has 1 unspecified atom stereocenters. The van der Waals surface area contributed by atoms with Crippen molar-refractivity contribution >= 4 is 21.6 Å². The third-order valence-electron chi connectivity index (χ3n) is 5.07. The summed E-state index contributed by atoms with van der Waals surface area (Å²) >= 11 is 0. The Morgan fingerprint density at radius 1 is 1.32 bits per heavy atom. The first kappa shape index (κ1) is 18.1. The van der Waals surface area contributed by atoms with E-state index in [2.05, 4.69) is 21.8 Å². The van der Waals surface area contributed by atoms with Crippen LogP contribution in [0.15, 0.2) is 18.3 Å². The number of pyridine rings is 1. The van der Waals surface area contributed by atoms with Gasteiger partial charge in [0.25, 0.3) is 5.91 Å². The van der Waals surface area contributed by atoms with E-state index in [4.69, 9.17) is 0 Å². The number of carbonyl (C=O) groups is 1. The largest absolute Gasteiger partial charge is 0.354 e. The maximum atomic E-state index is 12.9. The monoisotopic (exact) mass is 366 g/mol. The molecule has 0 spiro atoms. The van der Waals surface area contributed by atoms with Crippen LogP contribution in [0.2, 0.25) is 0 Å². The van der Waals surface area contributed by atoms with Crippen LogP contribution in [-0.4, -0.2) is 86.4 Å². The van der Waals surface area contributed by atoms with Crippen LogP contribution in [0.5, 0.6) is 0 Å². The lowest BCUT2D eigenvalue weighted by molar-refractivity contribution is 0.0708. The Morgan fingerprint density at radius 2 is 2.04 bits per heavy atom. The molecule has 0 N–H and O–H groups in total. The SMILES string of the molecule is CCN(C(=O)c1ccnc(N2CCN(C)CC2)c1)C1CCS(=O)(=O)C1. The molecule has 0 saturated carbocycles. The van der Waals surface area contributed by atoms with Crippen molar-refractivity contribution in [3.8, 4) is 0 Å². The van der Waals surface area contributed by atoms with Crippen LogP contribution in [0.3, 0.4) is 0 Å². The molecule has 25 heavy (non-hydrogen) atoms. The molecule has 1 amide bonds. The Hall–Kier alpha value is -1.67. The summed E-state index contributed by atoms with van der Waals surface area (Å²) in [4.78, 5) is 23.5. The molecule has 3 heterocycles. The van der Waals surface area contributed by atoms with Crippen molar-refractivity contribution in [3.05, 3.63) is 23.9 Å². The van der Waals surface area contributed by atoms with Gasteiger partial charge < -0.3 is 14.7 Å². The van der Waals surface area contributed by atoms with E-state index in [1.165, 1.54) is 0 Å². The molecule has 2 fully saturated rings. The van der Waals surface area contributed by atoms with Gasteiger partial charge in [-0.1, -0.05) is 0 Å². The second kappa shape index (κ2) is 7.29. The lowest BCUT2D eigenvalue weighted by Gasteiger charge is -2.33. The maximum absolute atomic E-state index is 12.9. The first-order valence-corrected chi connectivity index (χ1v) is 10.6. The third kappa shape index (κ3) is 4.12. The molecule has 0 radical (unpaired) electrons. The van der Waals surface area contributed by atoms with Gasteiger partial charge in [-0.2, -0.15) is 0 Å². The molecule has 0 aromatic carbocycles. The summed E-state index contributed by atoms with van der Waals surface area (Å²) in [5.41, 5.74) is 0.579. The van der Waals surface area contributed by atoms with E-state index in [0.29, 0.717) is 18.5 Å². The van der Waals surface area contributed by atoms with E-state index in [-0.39, 0.29) is 23.5 Å². The third-order valence-corrected chi connectivity index (χ3v) is 6.82. The van der Waals surface area contributed by atoms with Gasteiger partial charge in [-0.15, -0.1) is 0 Å². The summed E-state index contributed by atoms with van der Waals surface area (Å²) in [6.45, 7) is 6.12. The van der Waals surface area contributed by atoms with Gasteiger partial charge in [-0.05, 0) is 32.5 Å². The van der Waals surface area contributed by atoms with Crippen LogP contribution in [0.25, 0.3) is 0 Å². The van der Waals surface area contributed by atoms with E-state index >= 15 is 0 Å². The maximum Gasteiger partial charge on any atom is 0.254 e. The van der Waals surface area contributed by atoms with Crippen molar-refractivity contribution in [1.82, 2.24) is 14.8 Å². The number of hydrogen-bond donors (Lipinski definition) is 0. The first-order valence-electron chi connectivity index (χ1n) is 8.80. The van der Waals surface area contributed by atoms with Crippen molar-refractivity contribution in [2.24, 2.45) is 0 Å². The van der Waals surface area contributed by atoms with Crippen LogP contribution in [0.1, 0.15) is 23.7 Å². The topological polar surface area (TPSA) is 73.8 Å². The number of nitrogens with zero attached hydrogens (tertiary/aromatic N) is 4. The standard InChI is InChI=1S/C17H26N4O3S/c1-3-21(15-5-11-25(23,24)13-15)17(22)14-4-6-18-16(12-14)20-9-7-19(2)8-10-20/h4,6,12,15H,3,5,7-11,13H2,1-2H3. The van der Waals surface area contributed by atoms with Gasteiger partial charge in [-0.25, -0.2) is 13.4 Å². The minimum absolute atomic E-state index is 0.0724. The molecule has 2 aliphatic rings. The quantitative estimate of drug-likeness (QED) is 0.772. The zero-order valence-electron chi connectivity index (χ0n) is 14.9. The molecule has 2 saturated heterocycles. The van der Waals surface area contributed by atoms with E-state index in [1.54, 1.807) is 17.2 Å². The van der Waals surface area contributed by atoms with Gasteiger partial charge in [0.15, 0.2) is 9.84 Å². The zero-order chi connectivity index (χ0) is 18.0. The van der Waals surface area contributed by atoms with Crippen LogP contribution < -0.4 is 4.90 Å². The van der Waals surface area contributed by atoms with E-state index < -0.39 is 9.84 Å². The minimum Gasteiger partial charge on any atom is -0.354 e. The van der Waals surface area contributed by atoms with Crippen molar-refractivity contribution < 1.29 is 13.2 Å². The molecule has 138 valence electrons. The van der Waals surface area contributed by atoms with Crippen molar-refractivity contribution in [1.29, 1.82) is 0 Å². The van der Waals surface area contributed by atoms with E-state index in [9.17, 15) is 13.2 Å². The van der Waals surface area contributed by atoms with Crippen LogP contribution >= 0.6 is 0 Å². The van der Waals surface area contributed by atoms with Gasteiger partial charge in [0, 0.05) is 50.5 Å². The minimum atomic E-state index is -3.02. The highest BCUT2D eigenvalue weighted by Crippen LogP contribution is 2.21. The Balaban J connectivity index is 1.76. The molecule has 1 atom stereocenters. The fourth-order valence-electron chi connectivity index (χ4n) is 3.51. The Kier molecular flexibility index (Phi) is 5.29.